The van der Waals surface area contributed by atoms with E-state index in [1.807, 2.05) is 0 Å². The van der Waals surface area contributed by atoms with Crippen LogP contribution >= 0.6 is 0 Å². The molecule has 0 aromatic carbocycles. The Kier molecular flexibility index (Phi) is 5.03. The smallest absolute Gasteiger partial charge is 0.409 e. The summed E-state index contributed by atoms with van der Waals surface area (Å²) in [4.78, 5) is 38.4. The van der Waals surface area contributed by atoms with Gasteiger partial charge in [-0.1, -0.05) is 0 Å². The molecular weight excluding hydrogens is 274 g/mol. The van der Waals surface area contributed by atoms with Crippen molar-refractivity contribution in [3.8, 4) is 0 Å². The third kappa shape index (κ3) is 3.65. The number of hydrogen-bond acceptors (Lipinski definition) is 4. The quantitative estimate of drug-likeness (QED) is 0.815. The number of likely N-dealkylation sites (N-methyl/N-ethyl adjacent to an activating group) is 1. The number of rotatable bonds is 3. The minimum atomic E-state index is -0.347. The van der Waals surface area contributed by atoms with Gasteiger partial charge in [-0.3, -0.25) is 9.59 Å². The molecule has 0 aliphatic carbocycles. The molecule has 0 bridgehead atoms. The van der Waals surface area contributed by atoms with Crippen molar-refractivity contribution in [3.63, 3.8) is 0 Å². The highest BCUT2D eigenvalue weighted by Gasteiger charge is 2.34. The molecule has 1 unspecified atom stereocenters. The Hall–Kier alpha value is -1.79. The lowest BCUT2D eigenvalue weighted by molar-refractivity contribution is -0.134. The zero-order valence-electron chi connectivity index (χ0n) is 12.6. The largest absolute Gasteiger partial charge is 0.450 e. The van der Waals surface area contributed by atoms with E-state index in [1.165, 1.54) is 4.90 Å². The van der Waals surface area contributed by atoms with Crippen LogP contribution in [0.1, 0.15) is 32.6 Å². The lowest BCUT2D eigenvalue weighted by Crippen LogP contribution is -2.51. The van der Waals surface area contributed by atoms with Crippen molar-refractivity contribution in [2.24, 2.45) is 0 Å². The van der Waals surface area contributed by atoms with Crippen molar-refractivity contribution < 1.29 is 19.1 Å². The third-order valence-corrected chi connectivity index (χ3v) is 4.16. The van der Waals surface area contributed by atoms with Gasteiger partial charge >= 0.3 is 6.09 Å². The Morgan fingerprint density at radius 3 is 2.48 bits per heavy atom. The number of hydrogen-bond donors (Lipinski definition) is 1. The Bertz CT molecular complexity index is 418. The summed E-state index contributed by atoms with van der Waals surface area (Å²) in [5, 5.41) is 2.99. The second-order valence-electron chi connectivity index (χ2n) is 5.53. The summed E-state index contributed by atoms with van der Waals surface area (Å²) in [5.41, 5.74) is 0. The number of ether oxygens (including phenoxy) is 1. The van der Waals surface area contributed by atoms with E-state index in [1.54, 1.807) is 18.9 Å². The molecule has 0 aromatic rings. The first-order valence-electron chi connectivity index (χ1n) is 7.50. The molecule has 0 aromatic heterocycles. The van der Waals surface area contributed by atoms with Gasteiger partial charge in [0.25, 0.3) is 0 Å². The number of carbonyl (C=O) groups excluding carboxylic acids is 3. The lowest BCUT2D eigenvalue weighted by atomic mass is 10.0. The molecule has 2 saturated heterocycles. The summed E-state index contributed by atoms with van der Waals surface area (Å²) in [6.07, 6.45) is 2.17. The molecule has 1 N–H and O–H groups in total. The van der Waals surface area contributed by atoms with E-state index in [9.17, 15) is 14.4 Å². The van der Waals surface area contributed by atoms with Gasteiger partial charge in [-0.2, -0.15) is 0 Å². The van der Waals surface area contributed by atoms with Crippen molar-refractivity contribution in [1.29, 1.82) is 0 Å². The number of nitrogens with one attached hydrogen (secondary N) is 1. The molecule has 0 saturated carbocycles. The zero-order valence-corrected chi connectivity index (χ0v) is 12.6. The molecule has 7 nitrogen and oxygen atoms in total. The summed E-state index contributed by atoms with van der Waals surface area (Å²) in [5.74, 6) is -0.0646. The topological polar surface area (TPSA) is 79.0 Å². The molecule has 2 aliphatic rings. The second kappa shape index (κ2) is 6.78. The summed E-state index contributed by atoms with van der Waals surface area (Å²) < 4.78 is 4.96. The molecule has 1 atom stereocenters. The van der Waals surface area contributed by atoms with E-state index < -0.39 is 0 Å². The maximum Gasteiger partial charge on any atom is 0.409 e. The zero-order chi connectivity index (χ0) is 15.4. The normalized spacial score (nSPS) is 23.3. The maximum atomic E-state index is 12.2. The van der Waals surface area contributed by atoms with Gasteiger partial charge in [0.05, 0.1) is 6.61 Å². The Labute approximate surface area is 124 Å². The standard InChI is InChI=1S/C14H23N3O4/c1-3-21-14(20)17-8-6-10(7-9-17)15-13(19)11-4-5-12(18)16(11)2/h10-11H,3-9H2,1-2H3,(H,15,19). The summed E-state index contributed by atoms with van der Waals surface area (Å²) in [7, 11) is 1.67. The fraction of sp³-hybridized carbons (Fsp3) is 0.786. The first kappa shape index (κ1) is 15.6. The van der Waals surface area contributed by atoms with Crippen LogP contribution in [0.4, 0.5) is 4.79 Å². The van der Waals surface area contributed by atoms with Crippen LogP contribution in [0, 0.1) is 0 Å². The average molecular weight is 297 g/mol. The highest BCUT2D eigenvalue weighted by molar-refractivity contribution is 5.90. The van der Waals surface area contributed by atoms with Gasteiger partial charge < -0.3 is 19.9 Å². The van der Waals surface area contributed by atoms with Crippen LogP contribution in [0.3, 0.4) is 0 Å². The third-order valence-electron chi connectivity index (χ3n) is 4.16. The van der Waals surface area contributed by atoms with Gasteiger partial charge in [0.15, 0.2) is 0 Å². The predicted molar refractivity (Wildman–Crippen MR) is 75.6 cm³/mol. The van der Waals surface area contributed by atoms with Crippen LogP contribution < -0.4 is 5.32 Å². The van der Waals surface area contributed by atoms with Crippen LogP contribution in [0.2, 0.25) is 0 Å². The van der Waals surface area contributed by atoms with Crippen molar-refractivity contribution in [2.75, 3.05) is 26.7 Å². The molecule has 2 rings (SSSR count). The van der Waals surface area contributed by atoms with Crippen LogP contribution in [-0.4, -0.2) is 66.5 Å². The molecule has 3 amide bonds. The van der Waals surface area contributed by atoms with E-state index in [2.05, 4.69) is 5.32 Å². The summed E-state index contributed by atoms with van der Waals surface area (Å²) >= 11 is 0. The molecule has 7 heteroatoms. The van der Waals surface area contributed by atoms with Gasteiger partial charge in [0.2, 0.25) is 11.8 Å². The highest BCUT2D eigenvalue weighted by Crippen LogP contribution is 2.18. The first-order valence-corrected chi connectivity index (χ1v) is 7.50. The van der Waals surface area contributed by atoms with Crippen molar-refractivity contribution in [1.82, 2.24) is 15.1 Å². The SMILES string of the molecule is CCOC(=O)N1CCC(NC(=O)C2CCC(=O)N2C)CC1. The number of likely N-dealkylation sites (tertiary alicyclic amines) is 2. The molecular formula is C14H23N3O4. The predicted octanol–water partition coefficient (Wildman–Crippen LogP) is 0.344. The van der Waals surface area contributed by atoms with Gasteiger partial charge in [0.1, 0.15) is 6.04 Å². The van der Waals surface area contributed by atoms with Crippen LogP contribution in [0.15, 0.2) is 0 Å². The van der Waals surface area contributed by atoms with E-state index in [4.69, 9.17) is 4.74 Å². The van der Waals surface area contributed by atoms with Gasteiger partial charge in [-0.25, -0.2) is 4.79 Å². The van der Waals surface area contributed by atoms with Crippen LogP contribution in [-0.2, 0) is 14.3 Å². The minimum absolute atomic E-state index is 0.0206. The number of carbonyl (C=O) groups is 3. The Morgan fingerprint density at radius 2 is 1.95 bits per heavy atom. The van der Waals surface area contributed by atoms with Gasteiger partial charge in [-0.15, -0.1) is 0 Å². The highest BCUT2D eigenvalue weighted by atomic mass is 16.6. The molecule has 0 spiro atoms. The van der Waals surface area contributed by atoms with Crippen LogP contribution in [0.5, 0.6) is 0 Å². The average Bonchev–Trinajstić information content (AvgIpc) is 2.80. The van der Waals surface area contributed by atoms with Crippen molar-refractivity contribution >= 4 is 17.9 Å². The summed E-state index contributed by atoms with van der Waals surface area (Å²) in [6, 6.07) is -0.284. The van der Waals surface area contributed by atoms with E-state index in [0.29, 0.717) is 32.5 Å². The van der Waals surface area contributed by atoms with Gasteiger partial charge in [0, 0.05) is 32.6 Å². The molecule has 2 aliphatic heterocycles. The fourth-order valence-electron chi connectivity index (χ4n) is 2.83. The molecule has 2 heterocycles. The van der Waals surface area contributed by atoms with Crippen molar-refractivity contribution in [3.05, 3.63) is 0 Å². The number of piperidine rings is 1. The monoisotopic (exact) mass is 297 g/mol. The molecule has 2 fully saturated rings. The fourth-order valence-corrected chi connectivity index (χ4v) is 2.83. The Balaban J connectivity index is 1.77. The lowest BCUT2D eigenvalue weighted by Gasteiger charge is -2.32. The first-order chi connectivity index (χ1) is 10.0. The molecule has 21 heavy (non-hydrogen) atoms. The second-order valence-corrected chi connectivity index (χ2v) is 5.53. The Morgan fingerprint density at radius 1 is 1.29 bits per heavy atom. The number of amides is 3. The summed E-state index contributed by atoms with van der Waals surface area (Å²) in [6.45, 7) is 3.33. The van der Waals surface area contributed by atoms with Gasteiger partial charge in [-0.05, 0) is 26.2 Å². The van der Waals surface area contributed by atoms with E-state index in [-0.39, 0.29) is 30.0 Å². The molecule has 0 radical (unpaired) electrons. The van der Waals surface area contributed by atoms with E-state index >= 15 is 0 Å². The number of nitrogens with zero attached hydrogens (tertiary/aromatic N) is 2. The maximum absolute atomic E-state index is 12.2. The van der Waals surface area contributed by atoms with Crippen molar-refractivity contribution in [2.45, 2.75) is 44.7 Å². The minimum Gasteiger partial charge on any atom is -0.450 e. The van der Waals surface area contributed by atoms with Crippen LogP contribution in [0.25, 0.3) is 0 Å². The molecule has 118 valence electrons. The van der Waals surface area contributed by atoms with E-state index in [0.717, 1.165) is 12.8 Å².